The van der Waals surface area contributed by atoms with Gasteiger partial charge in [0.1, 0.15) is 5.82 Å². The number of carbonyl (C=O) groups excluding carboxylic acids is 2. The minimum Gasteiger partial charge on any atom is -0.394 e. The molecule has 7 heteroatoms. The molecule has 1 N–H and O–H groups in total. The average molecular weight is 423 g/mol. The SMILES string of the molecule is Cc1cnc(N2CCN(C(=O)c3ccc(N4C(=O)CC[C@H]4CO)cc3C)CC2)c(C)c1. The van der Waals surface area contributed by atoms with E-state index in [0.717, 1.165) is 41.3 Å². The number of benzene rings is 1. The molecule has 0 radical (unpaired) electrons. The largest absolute Gasteiger partial charge is 0.394 e. The van der Waals surface area contributed by atoms with Crippen LogP contribution in [0.1, 0.15) is 39.9 Å². The highest BCUT2D eigenvalue weighted by atomic mass is 16.3. The van der Waals surface area contributed by atoms with Gasteiger partial charge < -0.3 is 19.8 Å². The Morgan fingerprint density at radius 3 is 2.48 bits per heavy atom. The minimum atomic E-state index is -0.180. The summed E-state index contributed by atoms with van der Waals surface area (Å²) in [5, 5.41) is 9.57. The van der Waals surface area contributed by atoms with Crippen molar-refractivity contribution in [2.75, 3.05) is 42.6 Å². The first-order valence-corrected chi connectivity index (χ1v) is 10.9. The van der Waals surface area contributed by atoms with E-state index in [-0.39, 0.29) is 24.5 Å². The highest BCUT2D eigenvalue weighted by Gasteiger charge is 2.32. The number of carbonyl (C=O) groups is 2. The zero-order chi connectivity index (χ0) is 22.1. The van der Waals surface area contributed by atoms with Gasteiger partial charge in [0.25, 0.3) is 5.91 Å². The molecule has 3 heterocycles. The summed E-state index contributed by atoms with van der Waals surface area (Å²) in [4.78, 5) is 35.8. The molecule has 7 nitrogen and oxygen atoms in total. The van der Waals surface area contributed by atoms with Gasteiger partial charge in [-0.05, 0) is 62.1 Å². The van der Waals surface area contributed by atoms with Crippen molar-refractivity contribution >= 4 is 23.3 Å². The second kappa shape index (κ2) is 8.67. The minimum absolute atomic E-state index is 0.0174. The number of aliphatic hydroxyl groups excluding tert-OH is 1. The number of rotatable bonds is 4. The normalized spacial score (nSPS) is 19.3. The molecule has 1 atom stereocenters. The highest BCUT2D eigenvalue weighted by molar-refractivity contribution is 5.99. The fraction of sp³-hybridized carbons (Fsp3) is 0.458. The first-order valence-electron chi connectivity index (χ1n) is 10.9. The van der Waals surface area contributed by atoms with Crippen LogP contribution >= 0.6 is 0 Å². The Morgan fingerprint density at radius 2 is 1.84 bits per heavy atom. The molecular weight excluding hydrogens is 392 g/mol. The predicted octanol–water partition coefficient (Wildman–Crippen LogP) is 2.46. The molecule has 31 heavy (non-hydrogen) atoms. The fourth-order valence-electron chi connectivity index (χ4n) is 4.64. The fourth-order valence-corrected chi connectivity index (χ4v) is 4.64. The van der Waals surface area contributed by atoms with Crippen molar-refractivity contribution in [3.63, 3.8) is 0 Å². The zero-order valence-electron chi connectivity index (χ0n) is 18.5. The smallest absolute Gasteiger partial charge is 0.254 e. The quantitative estimate of drug-likeness (QED) is 0.819. The maximum Gasteiger partial charge on any atom is 0.254 e. The predicted molar refractivity (Wildman–Crippen MR) is 121 cm³/mol. The van der Waals surface area contributed by atoms with Gasteiger partial charge in [-0.25, -0.2) is 4.98 Å². The van der Waals surface area contributed by atoms with Gasteiger partial charge in [0.05, 0.1) is 12.6 Å². The van der Waals surface area contributed by atoms with Crippen molar-refractivity contribution < 1.29 is 14.7 Å². The lowest BCUT2D eigenvalue weighted by Gasteiger charge is -2.36. The van der Waals surface area contributed by atoms with Crippen molar-refractivity contribution in [1.82, 2.24) is 9.88 Å². The van der Waals surface area contributed by atoms with Gasteiger partial charge in [0, 0.05) is 50.0 Å². The standard InChI is InChI=1S/C24H30N4O3/c1-16-12-18(3)23(25-14-16)26-8-10-27(11-9-26)24(31)21-6-4-19(13-17(21)2)28-20(15-29)5-7-22(28)30/h4,6,12-14,20,29H,5,7-11,15H2,1-3H3/t20-/m0/s1. The van der Waals surface area contributed by atoms with Crippen molar-refractivity contribution in [1.29, 1.82) is 0 Å². The third-order valence-electron chi connectivity index (χ3n) is 6.31. The molecule has 2 aromatic rings. The van der Waals surface area contributed by atoms with Gasteiger partial charge in [0.2, 0.25) is 5.91 Å². The lowest BCUT2D eigenvalue weighted by Crippen LogP contribution is -2.49. The third-order valence-corrected chi connectivity index (χ3v) is 6.31. The molecule has 0 saturated carbocycles. The van der Waals surface area contributed by atoms with E-state index < -0.39 is 0 Å². The zero-order valence-corrected chi connectivity index (χ0v) is 18.5. The Kier molecular flexibility index (Phi) is 5.96. The number of nitrogens with zero attached hydrogens (tertiary/aromatic N) is 4. The molecule has 0 bridgehead atoms. The number of anilines is 2. The van der Waals surface area contributed by atoms with Crippen LogP contribution in [0.15, 0.2) is 30.5 Å². The van der Waals surface area contributed by atoms with Gasteiger partial charge in [-0.3, -0.25) is 9.59 Å². The van der Waals surface area contributed by atoms with E-state index >= 15 is 0 Å². The van der Waals surface area contributed by atoms with Crippen LogP contribution < -0.4 is 9.80 Å². The van der Waals surface area contributed by atoms with Crippen LogP contribution in [-0.4, -0.2) is 65.6 Å². The Hall–Kier alpha value is -2.93. The van der Waals surface area contributed by atoms with Crippen LogP contribution in [0.2, 0.25) is 0 Å². The summed E-state index contributed by atoms with van der Waals surface area (Å²) < 4.78 is 0. The Labute approximate surface area is 183 Å². The third kappa shape index (κ3) is 4.14. The Balaban J connectivity index is 1.45. The summed E-state index contributed by atoms with van der Waals surface area (Å²) in [6, 6.07) is 7.47. The second-order valence-electron chi connectivity index (χ2n) is 8.57. The molecule has 2 amide bonds. The van der Waals surface area contributed by atoms with Crippen LogP contribution in [0, 0.1) is 20.8 Å². The number of pyridine rings is 1. The van der Waals surface area contributed by atoms with E-state index in [9.17, 15) is 14.7 Å². The number of amides is 2. The van der Waals surface area contributed by atoms with Crippen LogP contribution in [0.5, 0.6) is 0 Å². The molecule has 2 fully saturated rings. The van der Waals surface area contributed by atoms with E-state index in [4.69, 9.17) is 0 Å². The first-order chi connectivity index (χ1) is 14.9. The monoisotopic (exact) mass is 422 g/mol. The molecule has 1 aromatic carbocycles. The molecule has 0 unspecified atom stereocenters. The van der Waals surface area contributed by atoms with E-state index in [0.29, 0.717) is 31.5 Å². The van der Waals surface area contributed by atoms with E-state index in [1.807, 2.05) is 43.1 Å². The van der Waals surface area contributed by atoms with Gasteiger partial charge in [0.15, 0.2) is 0 Å². The average Bonchev–Trinajstić information content (AvgIpc) is 3.14. The molecule has 2 aliphatic rings. The summed E-state index contributed by atoms with van der Waals surface area (Å²) in [5.41, 5.74) is 4.56. The molecule has 1 aromatic heterocycles. The maximum absolute atomic E-state index is 13.2. The van der Waals surface area contributed by atoms with E-state index in [2.05, 4.69) is 22.9 Å². The van der Waals surface area contributed by atoms with Crippen molar-refractivity contribution in [3.8, 4) is 0 Å². The molecular formula is C24H30N4O3. The molecule has 164 valence electrons. The van der Waals surface area contributed by atoms with Crippen molar-refractivity contribution in [2.24, 2.45) is 0 Å². The van der Waals surface area contributed by atoms with Crippen LogP contribution in [0.4, 0.5) is 11.5 Å². The van der Waals surface area contributed by atoms with Gasteiger partial charge >= 0.3 is 0 Å². The lowest BCUT2D eigenvalue weighted by molar-refractivity contribution is -0.117. The molecule has 2 aliphatic heterocycles. The van der Waals surface area contributed by atoms with Crippen LogP contribution in [0.3, 0.4) is 0 Å². The Morgan fingerprint density at radius 1 is 1.10 bits per heavy atom. The van der Waals surface area contributed by atoms with Gasteiger partial charge in [-0.1, -0.05) is 6.07 Å². The van der Waals surface area contributed by atoms with E-state index in [1.54, 1.807) is 4.90 Å². The molecule has 0 aliphatic carbocycles. The van der Waals surface area contributed by atoms with Crippen molar-refractivity contribution in [2.45, 2.75) is 39.7 Å². The highest BCUT2D eigenvalue weighted by Crippen LogP contribution is 2.29. The second-order valence-corrected chi connectivity index (χ2v) is 8.57. The van der Waals surface area contributed by atoms with Crippen LogP contribution in [-0.2, 0) is 4.79 Å². The van der Waals surface area contributed by atoms with Gasteiger partial charge in [-0.15, -0.1) is 0 Å². The number of hydrogen-bond donors (Lipinski definition) is 1. The molecule has 4 rings (SSSR count). The summed E-state index contributed by atoms with van der Waals surface area (Å²) in [5.74, 6) is 1.03. The Bertz CT molecular complexity index is 998. The van der Waals surface area contributed by atoms with Gasteiger partial charge in [-0.2, -0.15) is 0 Å². The first kappa shape index (κ1) is 21.3. The number of aliphatic hydroxyl groups is 1. The van der Waals surface area contributed by atoms with Crippen LogP contribution in [0.25, 0.3) is 0 Å². The van der Waals surface area contributed by atoms with Crippen molar-refractivity contribution in [3.05, 3.63) is 52.7 Å². The number of piperazine rings is 1. The summed E-state index contributed by atoms with van der Waals surface area (Å²) >= 11 is 0. The maximum atomic E-state index is 13.2. The summed E-state index contributed by atoms with van der Waals surface area (Å²) in [6.45, 7) is 8.76. The topological polar surface area (TPSA) is 77.0 Å². The lowest BCUT2D eigenvalue weighted by atomic mass is 10.0. The summed E-state index contributed by atoms with van der Waals surface area (Å²) in [7, 11) is 0. The molecule has 0 spiro atoms. The summed E-state index contributed by atoms with van der Waals surface area (Å²) in [6.07, 6.45) is 3.00. The number of aromatic nitrogens is 1. The molecule has 2 saturated heterocycles. The number of hydrogen-bond acceptors (Lipinski definition) is 5. The number of aryl methyl sites for hydroxylation is 3. The van der Waals surface area contributed by atoms with E-state index in [1.165, 1.54) is 0 Å².